The summed E-state index contributed by atoms with van der Waals surface area (Å²) < 4.78 is 5.69. The summed E-state index contributed by atoms with van der Waals surface area (Å²) in [6.07, 6.45) is 3.76. The van der Waals surface area contributed by atoms with E-state index in [1.807, 2.05) is 58.6 Å². The molecule has 0 unspecified atom stereocenters. The SMILES string of the molecule is CN(C)C(=O)[C@@H]1C[C@H](N(C(=O)C(C)(C)C)C2CCC(C)(C)CC2)CN1C(=O)[C@@H]1CN(C(=O)OC(C)(C)C)C[C@H]1c1ccc(Cl)cc1. The number of ether oxygens (including phenoxy) is 1. The fraction of sp³-hybridized carbons (Fsp3) is 0.722. The van der Waals surface area contributed by atoms with Gasteiger partial charge in [0.15, 0.2) is 0 Å². The number of rotatable bonds is 5. The van der Waals surface area contributed by atoms with Gasteiger partial charge in [0.1, 0.15) is 11.6 Å². The first-order valence-corrected chi connectivity index (χ1v) is 17.1. The Bertz CT molecular complexity index is 1290. The molecule has 4 amide bonds. The summed E-state index contributed by atoms with van der Waals surface area (Å²) in [6.45, 7) is 16.6. The van der Waals surface area contributed by atoms with Crippen LogP contribution in [0.3, 0.4) is 0 Å². The number of hydrogen-bond donors (Lipinski definition) is 0. The predicted molar refractivity (Wildman–Crippen MR) is 180 cm³/mol. The van der Waals surface area contributed by atoms with Crippen LogP contribution in [0, 0.1) is 16.7 Å². The van der Waals surface area contributed by atoms with Gasteiger partial charge in [-0.2, -0.15) is 0 Å². The lowest BCUT2D eigenvalue weighted by atomic mass is 9.74. The van der Waals surface area contributed by atoms with E-state index in [2.05, 4.69) is 13.8 Å². The van der Waals surface area contributed by atoms with E-state index in [1.54, 1.807) is 36.0 Å². The van der Waals surface area contributed by atoms with Crippen molar-refractivity contribution in [1.82, 2.24) is 19.6 Å². The van der Waals surface area contributed by atoms with Gasteiger partial charge in [-0.3, -0.25) is 14.4 Å². The molecule has 0 N–H and O–H groups in total. The second-order valence-corrected chi connectivity index (χ2v) is 17.1. The number of carbonyl (C=O) groups excluding carboxylic acids is 4. The van der Waals surface area contributed by atoms with Gasteiger partial charge in [0.05, 0.1) is 12.0 Å². The van der Waals surface area contributed by atoms with E-state index in [-0.39, 0.29) is 54.2 Å². The third-order valence-electron chi connectivity index (χ3n) is 9.85. The Kier molecular flexibility index (Phi) is 10.5. The zero-order valence-corrected chi connectivity index (χ0v) is 30.3. The third kappa shape index (κ3) is 8.18. The summed E-state index contributed by atoms with van der Waals surface area (Å²) in [5.74, 6) is -1.18. The number of benzene rings is 1. The van der Waals surface area contributed by atoms with Crippen LogP contribution in [-0.2, 0) is 19.1 Å². The van der Waals surface area contributed by atoms with Crippen molar-refractivity contribution in [3.05, 3.63) is 34.9 Å². The summed E-state index contributed by atoms with van der Waals surface area (Å²) in [6, 6.07) is 6.45. The molecule has 3 fully saturated rings. The first-order valence-electron chi connectivity index (χ1n) is 16.8. The summed E-state index contributed by atoms with van der Waals surface area (Å²) >= 11 is 6.20. The standard InChI is InChI=1S/C36H55ClN4O5/c1-34(2,3)32(44)41(25-15-17-36(7,8)18-16-25)26-19-29(31(43)38(9)10)40(20-26)30(42)28-22-39(33(45)46-35(4,5)6)21-27(28)23-11-13-24(37)14-12-23/h11-14,25-29H,15-22H2,1-10H3/t26-,27-,28+,29-/m0/s1. The Morgan fingerprint density at radius 2 is 1.48 bits per heavy atom. The van der Waals surface area contributed by atoms with Crippen LogP contribution < -0.4 is 0 Å². The molecule has 1 aliphatic carbocycles. The number of amides is 4. The second kappa shape index (κ2) is 13.4. The van der Waals surface area contributed by atoms with Gasteiger partial charge >= 0.3 is 6.09 Å². The van der Waals surface area contributed by atoms with Crippen LogP contribution in [0.1, 0.15) is 99.0 Å². The maximum Gasteiger partial charge on any atom is 0.410 e. The van der Waals surface area contributed by atoms with Crippen LogP contribution in [0.2, 0.25) is 5.02 Å². The molecule has 0 aromatic heterocycles. The molecule has 9 nitrogen and oxygen atoms in total. The lowest BCUT2D eigenvalue weighted by molar-refractivity contribution is -0.147. The Hall–Kier alpha value is -2.81. The number of hydrogen-bond acceptors (Lipinski definition) is 5. The lowest BCUT2D eigenvalue weighted by Gasteiger charge is -2.45. The van der Waals surface area contributed by atoms with Gasteiger partial charge in [-0.1, -0.05) is 58.4 Å². The van der Waals surface area contributed by atoms with E-state index in [4.69, 9.17) is 16.3 Å². The molecular formula is C36H55ClN4O5. The van der Waals surface area contributed by atoms with Crippen molar-refractivity contribution in [2.24, 2.45) is 16.7 Å². The van der Waals surface area contributed by atoms with Crippen molar-refractivity contribution in [3.8, 4) is 0 Å². The summed E-state index contributed by atoms with van der Waals surface area (Å²) in [5, 5.41) is 0.586. The molecular weight excluding hydrogens is 604 g/mol. The topological polar surface area (TPSA) is 90.5 Å². The molecule has 2 aliphatic heterocycles. The van der Waals surface area contributed by atoms with E-state index < -0.39 is 29.1 Å². The molecule has 10 heteroatoms. The molecule has 1 aromatic rings. The number of halogens is 1. The highest BCUT2D eigenvalue weighted by Gasteiger charge is 2.51. The van der Waals surface area contributed by atoms with Crippen LogP contribution in [0.5, 0.6) is 0 Å². The zero-order valence-electron chi connectivity index (χ0n) is 29.6. The maximum absolute atomic E-state index is 14.7. The minimum atomic E-state index is -0.704. The van der Waals surface area contributed by atoms with Gasteiger partial charge in [0.2, 0.25) is 17.7 Å². The molecule has 4 rings (SSSR count). The highest BCUT2D eigenvalue weighted by atomic mass is 35.5. The van der Waals surface area contributed by atoms with E-state index in [1.165, 1.54) is 4.90 Å². The smallest absolute Gasteiger partial charge is 0.410 e. The van der Waals surface area contributed by atoms with Crippen molar-refractivity contribution in [3.63, 3.8) is 0 Å². The van der Waals surface area contributed by atoms with Gasteiger partial charge in [-0.05, 0) is 76.0 Å². The van der Waals surface area contributed by atoms with Crippen LogP contribution in [0.4, 0.5) is 4.79 Å². The third-order valence-corrected chi connectivity index (χ3v) is 10.1. The van der Waals surface area contributed by atoms with Gasteiger partial charge in [-0.15, -0.1) is 0 Å². The normalized spacial score (nSPS) is 25.4. The predicted octanol–water partition coefficient (Wildman–Crippen LogP) is 6.19. The summed E-state index contributed by atoms with van der Waals surface area (Å²) in [4.78, 5) is 62.7. The highest BCUT2D eigenvalue weighted by Crippen LogP contribution is 2.42. The molecule has 1 aromatic carbocycles. The lowest BCUT2D eigenvalue weighted by Crippen LogP contribution is -2.54. The molecule has 256 valence electrons. The van der Waals surface area contributed by atoms with Crippen LogP contribution in [0.15, 0.2) is 24.3 Å². The quantitative estimate of drug-likeness (QED) is 0.376. The van der Waals surface area contributed by atoms with Gasteiger partial charge in [0, 0.05) is 56.1 Å². The monoisotopic (exact) mass is 658 g/mol. The largest absolute Gasteiger partial charge is 0.444 e. The number of likely N-dealkylation sites (N-methyl/N-ethyl adjacent to an activating group) is 1. The van der Waals surface area contributed by atoms with E-state index >= 15 is 0 Å². The molecule has 0 bridgehead atoms. The minimum absolute atomic E-state index is 0.0589. The minimum Gasteiger partial charge on any atom is -0.444 e. The van der Waals surface area contributed by atoms with Crippen molar-refractivity contribution in [1.29, 1.82) is 0 Å². The number of carbonyl (C=O) groups is 4. The first-order chi connectivity index (χ1) is 21.2. The fourth-order valence-electron chi connectivity index (χ4n) is 7.26. The van der Waals surface area contributed by atoms with Crippen LogP contribution >= 0.6 is 11.6 Å². The molecule has 0 radical (unpaired) electrons. The van der Waals surface area contributed by atoms with E-state index in [9.17, 15) is 19.2 Å². The maximum atomic E-state index is 14.7. The Balaban J connectivity index is 1.69. The van der Waals surface area contributed by atoms with Crippen LogP contribution in [-0.4, -0.2) is 101 Å². The fourth-order valence-corrected chi connectivity index (χ4v) is 7.39. The average molecular weight is 659 g/mol. The highest BCUT2D eigenvalue weighted by molar-refractivity contribution is 6.30. The molecule has 2 saturated heterocycles. The van der Waals surface area contributed by atoms with Gasteiger partial charge in [-0.25, -0.2) is 4.79 Å². The first kappa shape index (κ1) is 36.0. The van der Waals surface area contributed by atoms with Crippen molar-refractivity contribution < 1.29 is 23.9 Å². The molecule has 4 atom stereocenters. The van der Waals surface area contributed by atoms with Crippen molar-refractivity contribution in [2.45, 2.75) is 117 Å². The molecule has 3 aliphatic rings. The second-order valence-electron chi connectivity index (χ2n) is 16.6. The number of likely N-dealkylation sites (tertiary alicyclic amines) is 2. The number of nitrogens with zero attached hydrogens (tertiary/aromatic N) is 4. The van der Waals surface area contributed by atoms with Gasteiger partial charge in [0.25, 0.3) is 0 Å². The molecule has 1 saturated carbocycles. The van der Waals surface area contributed by atoms with Crippen molar-refractivity contribution in [2.75, 3.05) is 33.7 Å². The average Bonchev–Trinajstić information content (AvgIpc) is 3.58. The van der Waals surface area contributed by atoms with E-state index in [0.29, 0.717) is 18.0 Å². The Morgan fingerprint density at radius 1 is 0.891 bits per heavy atom. The molecule has 0 spiro atoms. The Labute approximate surface area is 280 Å². The molecule has 46 heavy (non-hydrogen) atoms. The van der Waals surface area contributed by atoms with E-state index in [0.717, 1.165) is 31.2 Å². The Morgan fingerprint density at radius 3 is 2.00 bits per heavy atom. The summed E-state index contributed by atoms with van der Waals surface area (Å²) in [5.41, 5.74) is -0.162. The van der Waals surface area contributed by atoms with Crippen molar-refractivity contribution >= 4 is 35.4 Å². The van der Waals surface area contributed by atoms with Gasteiger partial charge < -0.3 is 24.3 Å². The van der Waals surface area contributed by atoms with Crippen LogP contribution in [0.25, 0.3) is 0 Å². The summed E-state index contributed by atoms with van der Waals surface area (Å²) in [7, 11) is 3.41. The zero-order chi connectivity index (χ0) is 34.4. The molecule has 2 heterocycles.